The highest BCUT2D eigenvalue weighted by Crippen LogP contribution is 2.43. The van der Waals surface area contributed by atoms with Gasteiger partial charge in [-0.25, -0.2) is 4.98 Å². The van der Waals surface area contributed by atoms with E-state index in [0.29, 0.717) is 11.7 Å². The molecule has 0 radical (unpaired) electrons. The van der Waals surface area contributed by atoms with Gasteiger partial charge in [0.1, 0.15) is 0 Å². The Labute approximate surface area is 137 Å². The van der Waals surface area contributed by atoms with Gasteiger partial charge in [0.05, 0.1) is 19.9 Å². The van der Waals surface area contributed by atoms with Crippen LogP contribution in [0.4, 0.5) is 5.82 Å². The number of rotatable bonds is 4. The zero-order valence-corrected chi connectivity index (χ0v) is 13.2. The summed E-state index contributed by atoms with van der Waals surface area (Å²) in [6.45, 7) is 0. The second-order valence-electron chi connectivity index (χ2n) is 5.47. The molecule has 1 amide bonds. The van der Waals surface area contributed by atoms with Crippen molar-refractivity contribution in [2.75, 3.05) is 19.5 Å². The first kappa shape index (κ1) is 14.4. The number of hydrogen-bond acceptors (Lipinski definition) is 6. The van der Waals surface area contributed by atoms with E-state index in [2.05, 4.69) is 25.5 Å². The largest absolute Gasteiger partial charge is 0.481 e. The zero-order chi connectivity index (χ0) is 16.7. The van der Waals surface area contributed by atoms with E-state index >= 15 is 0 Å². The van der Waals surface area contributed by atoms with Crippen LogP contribution in [0.3, 0.4) is 0 Å². The first-order chi connectivity index (χ1) is 11.7. The Morgan fingerprint density at radius 3 is 2.79 bits per heavy atom. The molecule has 0 saturated heterocycles. The van der Waals surface area contributed by atoms with Gasteiger partial charge >= 0.3 is 6.01 Å². The average Bonchev–Trinajstić information content (AvgIpc) is 2.95. The summed E-state index contributed by atoms with van der Waals surface area (Å²) in [5.74, 6) is 0.558. The van der Waals surface area contributed by atoms with Gasteiger partial charge < -0.3 is 14.8 Å². The molecule has 0 spiro atoms. The molecule has 0 saturated carbocycles. The second-order valence-corrected chi connectivity index (χ2v) is 5.47. The van der Waals surface area contributed by atoms with Crippen molar-refractivity contribution >= 4 is 17.3 Å². The molecule has 0 aromatic carbocycles. The summed E-state index contributed by atoms with van der Waals surface area (Å²) in [6, 6.07) is 0.216. The lowest BCUT2D eigenvalue weighted by Crippen LogP contribution is -2.24. The van der Waals surface area contributed by atoms with Crippen LogP contribution in [0.25, 0.3) is 5.57 Å². The molecule has 8 nitrogen and oxygen atoms in total. The molecule has 1 aliphatic carbocycles. The molecule has 0 fully saturated rings. The number of ether oxygens (including phenoxy) is 2. The van der Waals surface area contributed by atoms with Crippen molar-refractivity contribution in [1.82, 2.24) is 20.2 Å². The maximum absolute atomic E-state index is 12.1. The van der Waals surface area contributed by atoms with E-state index in [0.717, 1.165) is 22.4 Å². The third-order valence-electron chi connectivity index (χ3n) is 4.15. The zero-order valence-electron chi connectivity index (χ0n) is 13.2. The maximum Gasteiger partial charge on any atom is 0.319 e. The highest BCUT2D eigenvalue weighted by molar-refractivity contribution is 5.96. The number of nitrogens with one attached hydrogen (secondary N) is 2. The van der Waals surface area contributed by atoms with Crippen molar-refractivity contribution in [2.45, 2.75) is 12.3 Å². The summed E-state index contributed by atoms with van der Waals surface area (Å²) in [4.78, 5) is 20.5. The summed E-state index contributed by atoms with van der Waals surface area (Å²) in [7, 11) is 3.02. The molecular weight excluding hydrogens is 310 g/mol. The number of hydrogen-bond donors (Lipinski definition) is 2. The first-order valence-electron chi connectivity index (χ1n) is 7.43. The Hall–Kier alpha value is -3.16. The summed E-state index contributed by atoms with van der Waals surface area (Å²) in [5, 5.41) is 10.0. The summed E-state index contributed by atoms with van der Waals surface area (Å²) in [5.41, 5.74) is 3.56. The van der Waals surface area contributed by atoms with E-state index in [1.807, 2.05) is 18.2 Å². The molecule has 8 heteroatoms. The van der Waals surface area contributed by atoms with E-state index in [9.17, 15) is 4.79 Å². The van der Waals surface area contributed by atoms with Crippen LogP contribution in [-0.4, -0.2) is 40.3 Å². The Morgan fingerprint density at radius 1 is 1.29 bits per heavy atom. The Kier molecular flexibility index (Phi) is 3.30. The Morgan fingerprint density at radius 2 is 2.12 bits per heavy atom. The second kappa shape index (κ2) is 5.48. The van der Waals surface area contributed by atoms with Gasteiger partial charge in [-0.05, 0) is 5.57 Å². The number of carbonyl (C=O) groups is 1. The van der Waals surface area contributed by atoms with Crippen LogP contribution in [0.2, 0.25) is 0 Å². The van der Waals surface area contributed by atoms with E-state index in [-0.39, 0.29) is 24.3 Å². The number of anilines is 1. The molecule has 1 unspecified atom stereocenters. The summed E-state index contributed by atoms with van der Waals surface area (Å²) in [6.07, 6.45) is 7.84. The van der Waals surface area contributed by atoms with Gasteiger partial charge in [-0.1, -0.05) is 18.2 Å². The van der Waals surface area contributed by atoms with E-state index < -0.39 is 0 Å². The van der Waals surface area contributed by atoms with Gasteiger partial charge in [-0.15, -0.1) is 0 Å². The molecule has 4 rings (SSSR count). The number of carbonyl (C=O) groups excluding carboxylic acids is 1. The van der Waals surface area contributed by atoms with Crippen molar-refractivity contribution in [1.29, 1.82) is 0 Å². The minimum atomic E-state index is -0.252. The number of aromatic amines is 1. The van der Waals surface area contributed by atoms with Gasteiger partial charge in [0.2, 0.25) is 11.8 Å². The van der Waals surface area contributed by atoms with Crippen LogP contribution in [0.15, 0.2) is 24.4 Å². The standard InChI is InChI=1S/C16H15N5O3/c1-23-15-10(7-17-16(19-15)24-2)9-6-11(22)18-14-12(9)13(20-21-14)8-4-3-5-8/h3-5,7,9H,6H2,1-2H3,(H2,18,20,21,22). The summed E-state index contributed by atoms with van der Waals surface area (Å²) < 4.78 is 10.4. The molecular formula is C16H15N5O3. The molecule has 0 bridgehead atoms. The third-order valence-corrected chi connectivity index (χ3v) is 4.15. The van der Waals surface area contributed by atoms with Gasteiger partial charge in [0.15, 0.2) is 5.82 Å². The smallest absolute Gasteiger partial charge is 0.319 e. The van der Waals surface area contributed by atoms with Gasteiger partial charge in [0.25, 0.3) is 0 Å². The third kappa shape index (κ3) is 2.15. The predicted molar refractivity (Wildman–Crippen MR) is 85.9 cm³/mol. The number of methoxy groups -OCH3 is 2. The molecule has 24 heavy (non-hydrogen) atoms. The van der Waals surface area contributed by atoms with Crippen LogP contribution >= 0.6 is 0 Å². The molecule has 1 atom stereocenters. The van der Waals surface area contributed by atoms with Gasteiger partial charge in [-0.2, -0.15) is 10.1 Å². The highest BCUT2D eigenvalue weighted by atomic mass is 16.5. The molecule has 2 aromatic rings. The number of fused-ring (bicyclic) bond motifs is 1. The number of H-pyrrole nitrogens is 1. The fourth-order valence-corrected chi connectivity index (χ4v) is 2.96. The van der Waals surface area contributed by atoms with Crippen molar-refractivity contribution in [3.63, 3.8) is 0 Å². The van der Waals surface area contributed by atoms with E-state index in [1.54, 1.807) is 6.20 Å². The van der Waals surface area contributed by atoms with Crippen molar-refractivity contribution in [2.24, 2.45) is 0 Å². The minimum absolute atomic E-state index is 0.110. The molecule has 2 aromatic heterocycles. The number of amides is 1. The Balaban J connectivity index is 1.85. The van der Waals surface area contributed by atoms with Crippen molar-refractivity contribution < 1.29 is 14.3 Å². The monoisotopic (exact) mass is 325 g/mol. The Bertz CT molecular complexity index is 884. The molecule has 1 aliphatic heterocycles. The van der Waals surface area contributed by atoms with Crippen molar-refractivity contribution in [3.05, 3.63) is 41.2 Å². The predicted octanol–water partition coefficient (Wildman–Crippen LogP) is 1.64. The number of aromatic nitrogens is 4. The lowest BCUT2D eigenvalue weighted by Gasteiger charge is -2.24. The molecule has 2 aliphatic rings. The van der Waals surface area contributed by atoms with Crippen LogP contribution in [0, 0.1) is 0 Å². The van der Waals surface area contributed by atoms with Crippen molar-refractivity contribution in [3.8, 4) is 11.9 Å². The topological polar surface area (TPSA) is 102 Å². The van der Waals surface area contributed by atoms with Gasteiger partial charge in [-0.3, -0.25) is 9.89 Å². The normalized spacial score (nSPS) is 18.3. The van der Waals surface area contributed by atoms with E-state index in [4.69, 9.17) is 9.47 Å². The van der Waals surface area contributed by atoms with Crippen LogP contribution < -0.4 is 14.8 Å². The van der Waals surface area contributed by atoms with Crippen LogP contribution in [-0.2, 0) is 4.79 Å². The highest BCUT2D eigenvalue weighted by Gasteiger charge is 2.35. The SMILES string of the molecule is COc1ncc(C2CC(=O)Nc3n[nH]c(C4=CC=C4)c32)c(OC)n1. The quantitative estimate of drug-likeness (QED) is 0.886. The lowest BCUT2D eigenvalue weighted by atomic mass is 9.84. The molecule has 2 N–H and O–H groups in total. The minimum Gasteiger partial charge on any atom is -0.481 e. The fraction of sp³-hybridized carbons (Fsp3) is 0.250. The molecule has 3 heterocycles. The number of nitrogens with zero attached hydrogens (tertiary/aromatic N) is 3. The maximum atomic E-state index is 12.1. The molecule has 122 valence electrons. The summed E-state index contributed by atoms with van der Waals surface area (Å²) >= 11 is 0. The average molecular weight is 325 g/mol. The van der Waals surface area contributed by atoms with E-state index in [1.165, 1.54) is 14.2 Å². The van der Waals surface area contributed by atoms with Gasteiger partial charge in [0, 0.05) is 29.7 Å². The fourth-order valence-electron chi connectivity index (χ4n) is 2.96. The van der Waals surface area contributed by atoms with Crippen LogP contribution in [0.5, 0.6) is 11.9 Å². The number of allylic oxidation sites excluding steroid dienone is 4. The lowest BCUT2D eigenvalue weighted by molar-refractivity contribution is -0.116. The van der Waals surface area contributed by atoms with Crippen LogP contribution in [0.1, 0.15) is 29.2 Å². The first-order valence-corrected chi connectivity index (χ1v) is 7.43.